The Morgan fingerprint density at radius 1 is 1.37 bits per heavy atom. The van der Waals surface area contributed by atoms with Gasteiger partial charge in [0.25, 0.3) is 0 Å². The molecule has 0 bridgehead atoms. The zero-order valence-corrected chi connectivity index (χ0v) is 12.2. The summed E-state index contributed by atoms with van der Waals surface area (Å²) in [5.41, 5.74) is -0.509. The molecule has 1 amide bonds. The van der Waals surface area contributed by atoms with E-state index in [2.05, 4.69) is 26.1 Å². The monoisotopic (exact) mass is 270 g/mol. The smallest absolute Gasteiger partial charge is 0.410 e. The van der Waals surface area contributed by atoms with E-state index in [1.165, 1.54) is 0 Å². The lowest BCUT2D eigenvalue weighted by molar-refractivity contribution is -0.164. The molecule has 1 saturated carbocycles. The van der Waals surface area contributed by atoms with Gasteiger partial charge in [-0.15, -0.1) is 0 Å². The number of piperazine rings is 1. The summed E-state index contributed by atoms with van der Waals surface area (Å²) in [6.07, 6.45) is 1.34. The van der Waals surface area contributed by atoms with Crippen molar-refractivity contribution in [1.29, 1.82) is 0 Å². The zero-order chi connectivity index (χ0) is 14.1. The average molecular weight is 270 g/mol. The Hall–Kier alpha value is -0.810. The van der Waals surface area contributed by atoms with E-state index < -0.39 is 5.60 Å². The van der Waals surface area contributed by atoms with Crippen LogP contribution >= 0.6 is 0 Å². The van der Waals surface area contributed by atoms with Crippen LogP contribution < -0.4 is 5.32 Å². The summed E-state index contributed by atoms with van der Waals surface area (Å²) < 4.78 is 5.86. The first-order valence-electron chi connectivity index (χ1n) is 7.17. The predicted octanol–water partition coefficient (Wildman–Crippen LogP) is 1.22. The highest BCUT2D eigenvalue weighted by Crippen LogP contribution is 2.51. The van der Waals surface area contributed by atoms with Crippen molar-refractivity contribution in [2.75, 3.05) is 32.8 Å². The Morgan fingerprint density at radius 2 is 1.95 bits per heavy atom. The van der Waals surface area contributed by atoms with E-state index in [1.807, 2.05) is 0 Å². The Kier molecular flexibility index (Phi) is 4.06. The normalized spacial score (nSPS) is 31.8. The molecule has 1 saturated heterocycles. The van der Waals surface area contributed by atoms with Crippen LogP contribution in [0.2, 0.25) is 0 Å². The van der Waals surface area contributed by atoms with Gasteiger partial charge < -0.3 is 20.1 Å². The number of aliphatic hydroxyl groups excluding tert-OH is 1. The molecule has 1 aliphatic carbocycles. The van der Waals surface area contributed by atoms with Crippen LogP contribution in [0.4, 0.5) is 4.79 Å². The number of aliphatic hydroxyl groups is 1. The van der Waals surface area contributed by atoms with E-state index in [4.69, 9.17) is 4.74 Å². The van der Waals surface area contributed by atoms with Gasteiger partial charge in [0.15, 0.2) is 0 Å². The van der Waals surface area contributed by atoms with Crippen molar-refractivity contribution < 1.29 is 14.6 Å². The van der Waals surface area contributed by atoms with Crippen LogP contribution in [-0.4, -0.2) is 54.5 Å². The second-order valence-corrected chi connectivity index (χ2v) is 6.81. The number of amides is 1. The van der Waals surface area contributed by atoms with Crippen molar-refractivity contribution in [2.24, 2.45) is 11.3 Å². The maximum absolute atomic E-state index is 12.3. The van der Waals surface area contributed by atoms with Gasteiger partial charge in [-0.25, -0.2) is 4.79 Å². The van der Waals surface area contributed by atoms with E-state index in [0.29, 0.717) is 13.1 Å². The van der Waals surface area contributed by atoms with Crippen molar-refractivity contribution in [3.8, 4) is 0 Å². The largest absolute Gasteiger partial charge is 0.442 e. The van der Waals surface area contributed by atoms with Crippen molar-refractivity contribution in [3.63, 3.8) is 0 Å². The maximum Gasteiger partial charge on any atom is 0.410 e. The van der Waals surface area contributed by atoms with Crippen molar-refractivity contribution in [3.05, 3.63) is 0 Å². The third-order valence-electron chi connectivity index (χ3n) is 4.52. The van der Waals surface area contributed by atoms with Crippen LogP contribution in [0.5, 0.6) is 0 Å². The van der Waals surface area contributed by atoms with Gasteiger partial charge >= 0.3 is 6.09 Å². The molecule has 0 aromatic rings. The molecular weight excluding hydrogens is 244 g/mol. The Labute approximate surface area is 115 Å². The second kappa shape index (κ2) is 5.29. The Bertz CT molecular complexity index is 326. The fourth-order valence-electron chi connectivity index (χ4n) is 2.93. The molecule has 1 heterocycles. The van der Waals surface area contributed by atoms with Crippen molar-refractivity contribution in [2.45, 2.75) is 39.2 Å². The molecule has 2 N–H and O–H groups in total. The molecule has 19 heavy (non-hydrogen) atoms. The molecule has 0 atom stereocenters. The highest BCUT2D eigenvalue weighted by Gasteiger charge is 2.55. The highest BCUT2D eigenvalue weighted by molar-refractivity contribution is 5.68. The molecule has 0 unspecified atom stereocenters. The molecule has 0 spiro atoms. The Balaban J connectivity index is 1.99. The summed E-state index contributed by atoms with van der Waals surface area (Å²) in [5, 5.41) is 12.4. The summed E-state index contributed by atoms with van der Waals surface area (Å²) in [6.45, 7) is 9.57. The molecule has 0 radical (unpaired) electrons. The van der Waals surface area contributed by atoms with E-state index in [-0.39, 0.29) is 24.0 Å². The van der Waals surface area contributed by atoms with Crippen LogP contribution in [0.25, 0.3) is 0 Å². The standard InChI is InChI=1S/C14H26N2O3/c1-13(2,3)14(8-11(9-14)10-17)19-12(18)16-6-4-15-5-7-16/h11,15,17H,4-10H2,1-3H3. The van der Waals surface area contributed by atoms with Crippen molar-refractivity contribution in [1.82, 2.24) is 10.2 Å². The van der Waals surface area contributed by atoms with E-state index in [9.17, 15) is 9.90 Å². The third-order valence-corrected chi connectivity index (χ3v) is 4.52. The summed E-state index contributed by atoms with van der Waals surface area (Å²) in [7, 11) is 0. The average Bonchev–Trinajstić information content (AvgIpc) is 2.32. The predicted molar refractivity (Wildman–Crippen MR) is 72.9 cm³/mol. The zero-order valence-electron chi connectivity index (χ0n) is 12.2. The Morgan fingerprint density at radius 3 is 2.42 bits per heavy atom. The summed E-state index contributed by atoms with van der Waals surface area (Å²) in [6, 6.07) is 0. The highest BCUT2D eigenvalue weighted by atomic mass is 16.6. The number of nitrogens with one attached hydrogen (secondary N) is 1. The first-order valence-corrected chi connectivity index (χ1v) is 7.17. The minimum atomic E-state index is -0.414. The first kappa shape index (κ1) is 14.6. The third kappa shape index (κ3) is 2.87. The minimum absolute atomic E-state index is 0.0949. The number of ether oxygens (including phenoxy) is 1. The van der Waals surface area contributed by atoms with Crippen LogP contribution in [-0.2, 0) is 4.74 Å². The van der Waals surface area contributed by atoms with Gasteiger partial charge in [0.2, 0.25) is 0 Å². The number of hydrogen-bond donors (Lipinski definition) is 2. The fourth-order valence-corrected chi connectivity index (χ4v) is 2.93. The lowest BCUT2D eigenvalue weighted by atomic mass is 9.59. The molecule has 1 aliphatic heterocycles. The SMILES string of the molecule is CC(C)(C)C1(OC(=O)N2CCNCC2)CC(CO)C1. The lowest BCUT2D eigenvalue weighted by Crippen LogP contribution is -2.59. The summed E-state index contributed by atoms with van der Waals surface area (Å²) in [4.78, 5) is 14.0. The molecule has 0 aromatic carbocycles. The second-order valence-electron chi connectivity index (χ2n) is 6.81. The van der Waals surface area contributed by atoms with Crippen LogP contribution in [0.3, 0.4) is 0 Å². The van der Waals surface area contributed by atoms with Gasteiger partial charge in [-0.05, 0) is 18.8 Å². The van der Waals surface area contributed by atoms with E-state index >= 15 is 0 Å². The maximum atomic E-state index is 12.3. The topological polar surface area (TPSA) is 61.8 Å². The van der Waals surface area contributed by atoms with E-state index in [1.54, 1.807) is 4.90 Å². The summed E-state index contributed by atoms with van der Waals surface area (Å²) in [5.74, 6) is 0.273. The molecular formula is C14H26N2O3. The van der Waals surface area contributed by atoms with Crippen molar-refractivity contribution >= 4 is 6.09 Å². The van der Waals surface area contributed by atoms with Gasteiger partial charge in [0.1, 0.15) is 5.60 Å². The molecule has 5 heteroatoms. The molecule has 2 aliphatic rings. The van der Waals surface area contributed by atoms with Crippen LogP contribution in [0.1, 0.15) is 33.6 Å². The number of rotatable bonds is 2. The van der Waals surface area contributed by atoms with Crippen LogP contribution in [0, 0.1) is 11.3 Å². The van der Waals surface area contributed by atoms with E-state index in [0.717, 1.165) is 25.9 Å². The fraction of sp³-hybridized carbons (Fsp3) is 0.929. The summed E-state index contributed by atoms with van der Waals surface area (Å²) >= 11 is 0. The molecule has 110 valence electrons. The quantitative estimate of drug-likeness (QED) is 0.792. The van der Waals surface area contributed by atoms with Gasteiger partial charge in [0.05, 0.1) is 0 Å². The van der Waals surface area contributed by atoms with Gasteiger partial charge in [-0.1, -0.05) is 20.8 Å². The first-order chi connectivity index (χ1) is 8.88. The molecule has 2 fully saturated rings. The molecule has 2 rings (SSSR count). The lowest BCUT2D eigenvalue weighted by Gasteiger charge is -2.54. The molecule has 5 nitrogen and oxygen atoms in total. The number of hydrogen-bond acceptors (Lipinski definition) is 4. The number of carbonyl (C=O) groups excluding carboxylic acids is 1. The number of carbonyl (C=O) groups is 1. The van der Waals surface area contributed by atoms with Gasteiger partial charge in [0, 0.05) is 38.2 Å². The van der Waals surface area contributed by atoms with Gasteiger partial charge in [-0.3, -0.25) is 0 Å². The van der Waals surface area contributed by atoms with Gasteiger partial charge in [-0.2, -0.15) is 0 Å². The molecule has 0 aromatic heterocycles. The number of nitrogens with zero attached hydrogens (tertiary/aromatic N) is 1. The minimum Gasteiger partial charge on any atom is -0.442 e. The van der Waals surface area contributed by atoms with Crippen LogP contribution in [0.15, 0.2) is 0 Å².